The van der Waals surface area contributed by atoms with Crippen LogP contribution in [0.25, 0.3) is 0 Å². The van der Waals surface area contributed by atoms with Crippen LogP contribution in [0.3, 0.4) is 0 Å². The number of aryl methyl sites for hydroxylation is 1. The van der Waals surface area contributed by atoms with Crippen LogP contribution in [0.4, 0.5) is 8.78 Å². The van der Waals surface area contributed by atoms with E-state index in [1.807, 2.05) is 31.2 Å². The van der Waals surface area contributed by atoms with E-state index in [0.29, 0.717) is 12.8 Å². The number of alkyl halides is 2. The second-order valence-electron chi connectivity index (χ2n) is 4.18. The van der Waals surface area contributed by atoms with E-state index in [2.05, 4.69) is 0 Å². The summed E-state index contributed by atoms with van der Waals surface area (Å²) in [6, 6.07) is 7.52. The molecule has 0 saturated heterocycles. The quantitative estimate of drug-likeness (QED) is 0.676. The number of hydrogen-bond donors (Lipinski definition) is 0. The van der Waals surface area contributed by atoms with Crippen LogP contribution in [-0.4, -0.2) is 6.43 Å². The summed E-state index contributed by atoms with van der Waals surface area (Å²) in [6.07, 6.45) is -0.0291. The molecule has 0 aromatic heterocycles. The largest absolute Gasteiger partial charge is 0.248 e. The van der Waals surface area contributed by atoms with Crippen LogP contribution in [0.5, 0.6) is 0 Å². The van der Waals surface area contributed by atoms with E-state index >= 15 is 0 Å². The molecule has 0 heterocycles. The van der Waals surface area contributed by atoms with Crippen molar-refractivity contribution >= 4 is 0 Å². The van der Waals surface area contributed by atoms with Gasteiger partial charge in [-0.1, -0.05) is 36.2 Å². The Morgan fingerprint density at radius 2 is 1.71 bits per heavy atom. The van der Waals surface area contributed by atoms with E-state index in [9.17, 15) is 8.78 Å². The van der Waals surface area contributed by atoms with Gasteiger partial charge in [-0.15, -0.1) is 0 Å². The zero-order valence-electron chi connectivity index (χ0n) is 8.26. The molecule has 1 aromatic rings. The fraction of sp³-hybridized carbons (Fsp3) is 0.500. The van der Waals surface area contributed by atoms with Crippen molar-refractivity contribution < 1.29 is 8.78 Å². The molecule has 76 valence electrons. The highest BCUT2D eigenvalue weighted by atomic mass is 19.3. The Bertz CT molecular complexity index is 310. The zero-order valence-corrected chi connectivity index (χ0v) is 8.26. The summed E-state index contributed by atoms with van der Waals surface area (Å²) in [6.45, 7) is 1.97. The number of hydrogen-bond acceptors (Lipinski definition) is 0. The van der Waals surface area contributed by atoms with Crippen molar-refractivity contribution in [2.45, 2.75) is 38.0 Å². The average molecular weight is 196 g/mol. The molecule has 1 aromatic carbocycles. The molecule has 1 fully saturated rings. The minimum Gasteiger partial charge on any atom is -0.210 e. The van der Waals surface area contributed by atoms with Gasteiger partial charge in [0, 0.05) is 0 Å². The van der Waals surface area contributed by atoms with Crippen LogP contribution in [-0.2, 0) is 5.41 Å². The molecule has 0 aliphatic heterocycles. The van der Waals surface area contributed by atoms with E-state index in [1.54, 1.807) is 0 Å². The minimum absolute atomic E-state index is 0.633. The molecule has 2 rings (SSSR count). The molecule has 0 nitrogen and oxygen atoms in total. The maximum Gasteiger partial charge on any atom is 0.248 e. The van der Waals surface area contributed by atoms with Crippen LogP contribution in [0.1, 0.15) is 30.4 Å². The van der Waals surface area contributed by atoms with Gasteiger partial charge in [-0.3, -0.25) is 0 Å². The summed E-state index contributed by atoms with van der Waals surface area (Å²) in [5.41, 5.74) is 1.11. The number of benzene rings is 1. The second kappa shape index (κ2) is 3.34. The smallest absolute Gasteiger partial charge is 0.210 e. The summed E-state index contributed by atoms with van der Waals surface area (Å²) in [7, 11) is 0. The highest BCUT2D eigenvalue weighted by molar-refractivity contribution is 5.31. The van der Waals surface area contributed by atoms with Gasteiger partial charge in [0.15, 0.2) is 0 Å². The topological polar surface area (TPSA) is 0 Å². The van der Waals surface area contributed by atoms with Crippen molar-refractivity contribution in [3.05, 3.63) is 35.4 Å². The lowest BCUT2D eigenvalue weighted by molar-refractivity contribution is 0.000832. The molecule has 0 spiro atoms. The van der Waals surface area contributed by atoms with Gasteiger partial charge in [-0.25, -0.2) is 8.78 Å². The van der Waals surface area contributed by atoms with Gasteiger partial charge in [0.2, 0.25) is 6.43 Å². The molecule has 0 radical (unpaired) electrons. The van der Waals surface area contributed by atoms with Crippen molar-refractivity contribution in [1.82, 2.24) is 0 Å². The fourth-order valence-corrected chi connectivity index (χ4v) is 2.08. The van der Waals surface area contributed by atoms with Gasteiger partial charge in [-0.2, -0.15) is 0 Å². The third kappa shape index (κ3) is 1.33. The molecular formula is C12H14F2. The first-order valence-corrected chi connectivity index (χ1v) is 5.00. The number of rotatable bonds is 2. The van der Waals surface area contributed by atoms with Crippen molar-refractivity contribution in [3.63, 3.8) is 0 Å². The van der Waals surface area contributed by atoms with Crippen LogP contribution in [0.2, 0.25) is 0 Å². The number of halogens is 2. The Morgan fingerprint density at radius 1 is 1.14 bits per heavy atom. The SMILES string of the molecule is Cc1ccc(C2(C(F)F)CCC2)cc1. The monoisotopic (exact) mass is 196 g/mol. The van der Waals surface area contributed by atoms with Gasteiger partial charge in [0.1, 0.15) is 0 Å². The summed E-state index contributed by atoms with van der Waals surface area (Å²) >= 11 is 0. The van der Waals surface area contributed by atoms with Gasteiger partial charge in [0.05, 0.1) is 5.41 Å². The molecule has 0 amide bonds. The normalized spacial score (nSPS) is 19.4. The Labute approximate surface area is 82.9 Å². The fourth-order valence-electron chi connectivity index (χ4n) is 2.08. The van der Waals surface area contributed by atoms with E-state index in [0.717, 1.165) is 17.5 Å². The molecule has 1 aliphatic rings. The lowest BCUT2D eigenvalue weighted by Crippen LogP contribution is -2.41. The first-order chi connectivity index (χ1) is 6.65. The molecule has 0 atom stereocenters. The third-order valence-corrected chi connectivity index (χ3v) is 3.29. The van der Waals surface area contributed by atoms with Crippen LogP contribution >= 0.6 is 0 Å². The highest BCUT2D eigenvalue weighted by Gasteiger charge is 2.46. The molecule has 2 heteroatoms. The summed E-state index contributed by atoms with van der Waals surface area (Å²) in [4.78, 5) is 0. The second-order valence-corrected chi connectivity index (χ2v) is 4.18. The first kappa shape index (κ1) is 9.63. The Balaban J connectivity index is 2.32. The molecular weight excluding hydrogens is 182 g/mol. The van der Waals surface area contributed by atoms with Crippen LogP contribution < -0.4 is 0 Å². The standard InChI is InChI=1S/C12H14F2/c1-9-3-5-10(6-4-9)12(11(13)14)7-2-8-12/h3-6,11H,2,7-8H2,1H3. The lowest BCUT2D eigenvalue weighted by Gasteiger charge is -2.41. The van der Waals surface area contributed by atoms with Crippen LogP contribution in [0.15, 0.2) is 24.3 Å². The Hall–Kier alpha value is -0.920. The van der Waals surface area contributed by atoms with Gasteiger partial charge >= 0.3 is 0 Å². The average Bonchev–Trinajstić information content (AvgIpc) is 2.05. The maximum absolute atomic E-state index is 12.9. The molecule has 0 unspecified atom stereocenters. The van der Waals surface area contributed by atoms with Crippen molar-refractivity contribution in [2.75, 3.05) is 0 Å². The maximum atomic E-state index is 12.9. The van der Waals surface area contributed by atoms with E-state index in [4.69, 9.17) is 0 Å². The van der Waals surface area contributed by atoms with Gasteiger partial charge < -0.3 is 0 Å². The molecule has 0 N–H and O–H groups in total. The van der Waals surface area contributed by atoms with Gasteiger partial charge in [0.25, 0.3) is 0 Å². The predicted molar refractivity (Wildman–Crippen MR) is 52.7 cm³/mol. The summed E-state index contributed by atoms with van der Waals surface area (Å²) in [5, 5.41) is 0. The van der Waals surface area contributed by atoms with Crippen molar-refractivity contribution in [3.8, 4) is 0 Å². The molecule has 14 heavy (non-hydrogen) atoms. The van der Waals surface area contributed by atoms with E-state index in [-0.39, 0.29) is 0 Å². The van der Waals surface area contributed by atoms with Crippen molar-refractivity contribution in [1.29, 1.82) is 0 Å². The van der Waals surface area contributed by atoms with Crippen molar-refractivity contribution in [2.24, 2.45) is 0 Å². The highest BCUT2D eigenvalue weighted by Crippen LogP contribution is 2.48. The third-order valence-electron chi connectivity index (χ3n) is 3.29. The van der Waals surface area contributed by atoms with Crippen LogP contribution in [0, 0.1) is 6.92 Å². The summed E-state index contributed by atoms with van der Waals surface area (Å²) in [5.74, 6) is 0. The minimum atomic E-state index is -2.22. The van der Waals surface area contributed by atoms with E-state index < -0.39 is 11.8 Å². The predicted octanol–water partition coefficient (Wildman–Crippen LogP) is 3.68. The molecule has 1 saturated carbocycles. The molecule has 0 bridgehead atoms. The Kier molecular flexibility index (Phi) is 2.30. The lowest BCUT2D eigenvalue weighted by atomic mass is 9.64. The summed E-state index contributed by atoms with van der Waals surface area (Å²) < 4.78 is 25.8. The zero-order chi connectivity index (χ0) is 10.2. The molecule has 1 aliphatic carbocycles. The first-order valence-electron chi connectivity index (χ1n) is 5.00. The Morgan fingerprint density at radius 3 is 2.07 bits per heavy atom. The van der Waals surface area contributed by atoms with E-state index in [1.165, 1.54) is 0 Å². The van der Waals surface area contributed by atoms with Gasteiger partial charge in [-0.05, 0) is 25.3 Å².